The number of rotatable bonds is 5. The minimum Gasteiger partial charge on any atom is -0.312 e. The number of Topliss-reactive ketones (excluding diaryl/α,β-unsaturated/α-hetero) is 1. The van der Waals surface area contributed by atoms with Crippen LogP contribution in [-0.2, 0) is 17.6 Å². The summed E-state index contributed by atoms with van der Waals surface area (Å²) in [5.41, 5.74) is 6.20. The first kappa shape index (κ1) is 18.1. The number of hydrogen-bond donors (Lipinski definition) is 0. The first-order chi connectivity index (χ1) is 13.6. The Kier molecular flexibility index (Phi) is 5.02. The lowest BCUT2D eigenvalue weighted by molar-refractivity contribution is -0.116. The fraction of sp³-hybridized carbons (Fsp3) is 0.208. The number of carbonyl (C=O) groups excluding carboxylic acids is 2. The largest absolute Gasteiger partial charge is 0.312 e. The molecule has 4 nitrogen and oxygen atoms in total. The molecule has 4 rings (SSSR count). The van der Waals surface area contributed by atoms with Crippen LogP contribution < -0.4 is 4.90 Å². The molecule has 0 N–H and O–H groups in total. The number of pyridine rings is 1. The number of nitrogens with zero attached hydrogens (tertiary/aromatic N) is 2. The number of aryl methyl sites for hydroxylation is 1. The van der Waals surface area contributed by atoms with Crippen LogP contribution in [0, 0.1) is 0 Å². The molecule has 2 heterocycles. The summed E-state index contributed by atoms with van der Waals surface area (Å²) in [6.45, 7) is 2.35. The van der Waals surface area contributed by atoms with Crippen molar-refractivity contribution in [3.8, 4) is 11.1 Å². The Morgan fingerprint density at radius 3 is 2.54 bits per heavy atom. The van der Waals surface area contributed by atoms with Crippen LogP contribution in [0.1, 0.15) is 34.8 Å². The van der Waals surface area contributed by atoms with E-state index < -0.39 is 0 Å². The van der Waals surface area contributed by atoms with Crippen LogP contribution in [0.3, 0.4) is 0 Å². The standard InChI is InChI=1S/C24H22N2O2/c1-17(27)26-14-12-22-15-21(9-10-23(22)26)19-5-7-20(8-6-19)24(28)11-4-18-3-2-13-25-16-18/h2-3,5-10,13,15-16H,4,11-12,14H2,1H3. The Labute approximate surface area is 164 Å². The summed E-state index contributed by atoms with van der Waals surface area (Å²) < 4.78 is 0. The van der Waals surface area contributed by atoms with E-state index in [1.165, 1.54) is 5.56 Å². The molecule has 0 saturated carbocycles. The lowest BCUT2D eigenvalue weighted by Crippen LogP contribution is -2.25. The van der Waals surface area contributed by atoms with E-state index in [-0.39, 0.29) is 11.7 Å². The predicted octanol–water partition coefficient (Wildman–Crippen LogP) is 4.47. The van der Waals surface area contributed by atoms with Crippen molar-refractivity contribution in [1.82, 2.24) is 4.98 Å². The number of aromatic nitrogens is 1. The first-order valence-electron chi connectivity index (χ1n) is 9.55. The molecule has 28 heavy (non-hydrogen) atoms. The van der Waals surface area contributed by atoms with Crippen molar-refractivity contribution in [2.45, 2.75) is 26.2 Å². The molecule has 140 valence electrons. The highest BCUT2D eigenvalue weighted by molar-refractivity contribution is 5.97. The van der Waals surface area contributed by atoms with Crippen LogP contribution in [0.2, 0.25) is 0 Å². The summed E-state index contributed by atoms with van der Waals surface area (Å²) in [7, 11) is 0. The summed E-state index contributed by atoms with van der Waals surface area (Å²) in [5.74, 6) is 0.224. The van der Waals surface area contributed by atoms with Crippen LogP contribution in [0.5, 0.6) is 0 Å². The van der Waals surface area contributed by atoms with E-state index in [2.05, 4.69) is 11.1 Å². The number of fused-ring (bicyclic) bond motifs is 1. The van der Waals surface area contributed by atoms with Crippen molar-refractivity contribution in [3.63, 3.8) is 0 Å². The third-order valence-corrected chi connectivity index (χ3v) is 5.26. The highest BCUT2D eigenvalue weighted by Crippen LogP contribution is 2.32. The molecule has 0 fully saturated rings. The topological polar surface area (TPSA) is 50.3 Å². The third kappa shape index (κ3) is 3.72. The average Bonchev–Trinajstić information content (AvgIpc) is 3.16. The van der Waals surface area contributed by atoms with Crippen molar-refractivity contribution in [3.05, 3.63) is 83.7 Å². The van der Waals surface area contributed by atoms with Gasteiger partial charge in [-0.1, -0.05) is 36.4 Å². The molecule has 3 aromatic rings. The fourth-order valence-electron chi connectivity index (χ4n) is 3.71. The predicted molar refractivity (Wildman–Crippen MR) is 110 cm³/mol. The van der Waals surface area contributed by atoms with Gasteiger partial charge in [0, 0.05) is 43.5 Å². The fourth-order valence-corrected chi connectivity index (χ4v) is 3.71. The molecule has 0 radical (unpaired) electrons. The van der Waals surface area contributed by atoms with Crippen LogP contribution in [0.25, 0.3) is 11.1 Å². The number of ketones is 1. The van der Waals surface area contributed by atoms with Gasteiger partial charge in [-0.25, -0.2) is 0 Å². The molecule has 1 aromatic heterocycles. The zero-order chi connectivity index (χ0) is 19.5. The average molecular weight is 370 g/mol. The molecule has 2 aromatic carbocycles. The van der Waals surface area contributed by atoms with Crippen LogP contribution >= 0.6 is 0 Å². The number of anilines is 1. The zero-order valence-corrected chi connectivity index (χ0v) is 15.9. The van der Waals surface area contributed by atoms with E-state index in [0.29, 0.717) is 12.8 Å². The summed E-state index contributed by atoms with van der Waals surface area (Å²) in [6, 6.07) is 17.9. The molecule has 1 amide bonds. The van der Waals surface area contributed by atoms with E-state index in [1.54, 1.807) is 19.3 Å². The van der Waals surface area contributed by atoms with Crippen LogP contribution in [0.4, 0.5) is 5.69 Å². The van der Waals surface area contributed by atoms with E-state index in [9.17, 15) is 9.59 Å². The molecule has 0 saturated heterocycles. The smallest absolute Gasteiger partial charge is 0.223 e. The molecular formula is C24H22N2O2. The van der Waals surface area contributed by atoms with Gasteiger partial charge in [0.25, 0.3) is 0 Å². The molecule has 4 heteroatoms. The second-order valence-electron chi connectivity index (χ2n) is 7.13. The second kappa shape index (κ2) is 7.77. The summed E-state index contributed by atoms with van der Waals surface area (Å²) >= 11 is 0. The van der Waals surface area contributed by atoms with Gasteiger partial charge in [0.05, 0.1) is 0 Å². The molecule has 0 bridgehead atoms. The lowest BCUT2D eigenvalue weighted by atomic mass is 9.98. The minimum atomic E-state index is 0.0839. The van der Waals surface area contributed by atoms with Crippen LogP contribution in [-0.4, -0.2) is 23.2 Å². The molecular weight excluding hydrogens is 348 g/mol. The Balaban J connectivity index is 1.46. The van der Waals surface area contributed by atoms with Crippen molar-refractivity contribution in [1.29, 1.82) is 0 Å². The zero-order valence-electron chi connectivity index (χ0n) is 15.9. The maximum Gasteiger partial charge on any atom is 0.223 e. The normalized spacial score (nSPS) is 12.7. The second-order valence-corrected chi connectivity index (χ2v) is 7.13. The molecule has 0 atom stereocenters. The monoisotopic (exact) mass is 370 g/mol. The number of carbonyl (C=O) groups is 2. The molecule has 1 aliphatic rings. The summed E-state index contributed by atoms with van der Waals surface area (Å²) in [4.78, 5) is 30.1. The maximum absolute atomic E-state index is 12.5. The summed E-state index contributed by atoms with van der Waals surface area (Å²) in [6.07, 6.45) is 5.60. The van der Waals surface area contributed by atoms with E-state index in [0.717, 1.165) is 40.9 Å². The van der Waals surface area contributed by atoms with Crippen molar-refractivity contribution >= 4 is 17.4 Å². The van der Waals surface area contributed by atoms with Gasteiger partial charge in [0.15, 0.2) is 5.78 Å². The van der Waals surface area contributed by atoms with Gasteiger partial charge >= 0.3 is 0 Å². The Hall–Kier alpha value is -3.27. The first-order valence-corrected chi connectivity index (χ1v) is 9.55. The van der Waals surface area contributed by atoms with Crippen molar-refractivity contribution in [2.75, 3.05) is 11.4 Å². The molecule has 0 spiro atoms. The highest BCUT2D eigenvalue weighted by atomic mass is 16.2. The minimum absolute atomic E-state index is 0.0839. The summed E-state index contributed by atoms with van der Waals surface area (Å²) in [5, 5.41) is 0. The van der Waals surface area contributed by atoms with Gasteiger partial charge < -0.3 is 4.90 Å². The number of benzene rings is 2. The van der Waals surface area contributed by atoms with Crippen molar-refractivity contribution in [2.24, 2.45) is 0 Å². The van der Waals surface area contributed by atoms with Gasteiger partial charge in [0.2, 0.25) is 5.91 Å². The highest BCUT2D eigenvalue weighted by Gasteiger charge is 2.22. The number of amides is 1. The molecule has 0 unspecified atom stereocenters. The van der Waals surface area contributed by atoms with E-state index in [4.69, 9.17) is 0 Å². The van der Waals surface area contributed by atoms with Gasteiger partial charge in [-0.15, -0.1) is 0 Å². The van der Waals surface area contributed by atoms with Crippen molar-refractivity contribution < 1.29 is 9.59 Å². The SMILES string of the molecule is CC(=O)N1CCc2cc(-c3ccc(C(=O)CCc4cccnc4)cc3)ccc21. The lowest BCUT2D eigenvalue weighted by Gasteiger charge is -2.15. The number of hydrogen-bond acceptors (Lipinski definition) is 3. The van der Waals surface area contributed by atoms with Gasteiger partial charge in [-0.05, 0) is 53.3 Å². The Morgan fingerprint density at radius 1 is 1.04 bits per heavy atom. The Bertz CT molecular complexity index is 1010. The van der Waals surface area contributed by atoms with Crippen LogP contribution in [0.15, 0.2) is 67.0 Å². The maximum atomic E-state index is 12.5. The molecule has 1 aliphatic heterocycles. The van der Waals surface area contributed by atoms with Gasteiger partial charge in [-0.2, -0.15) is 0 Å². The quantitative estimate of drug-likeness (QED) is 0.623. The third-order valence-electron chi connectivity index (χ3n) is 5.26. The van der Waals surface area contributed by atoms with E-state index >= 15 is 0 Å². The van der Waals surface area contributed by atoms with E-state index in [1.807, 2.05) is 53.4 Å². The molecule has 0 aliphatic carbocycles. The van der Waals surface area contributed by atoms with Gasteiger partial charge in [-0.3, -0.25) is 14.6 Å². The van der Waals surface area contributed by atoms with Gasteiger partial charge in [0.1, 0.15) is 0 Å². The Morgan fingerprint density at radius 2 is 1.82 bits per heavy atom.